The molecule has 0 unspecified atom stereocenters. The van der Waals surface area contributed by atoms with E-state index < -0.39 is 30.3 Å². The number of amides is 2. The van der Waals surface area contributed by atoms with Crippen molar-refractivity contribution in [3.63, 3.8) is 0 Å². The first-order valence-electron chi connectivity index (χ1n) is 12.1. The molecule has 5 N–H and O–H groups in total. The number of hydrogen-bond donors (Lipinski definition) is 5. The van der Waals surface area contributed by atoms with Crippen LogP contribution in [0.3, 0.4) is 0 Å². The minimum absolute atomic E-state index is 0.00608. The third kappa shape index (κ3) is 8.53. The molecule has 0 saturated carbocycles. The molecule has 2 aromatic carbocycles. The summed E-state index contributed by atoms with van der Waals surface area (Å²) in [6.07, 6.45) is 1.37. The summed E-state index contributed by atoms with van der Waals surface area (Å²) in [4.78, 5) is 52.2. The number of esters is 1. The average Bonchev–Trinajstić information content (AvgIpc) is 3.00. The van der Waals surface area contributed by atoms with Gasteiger partial charge in [0.25, 0.3) is 11.8 Å². The number of hydrogen-bond acceptors (Lipinski definition) is 10. The van der Waals surface area contributed by atoms with E-state index in [9.17, 15) is 29.4 Å². The number of aromatic nitrogens is 2. The molecule has 4 rings (SSSR count). The molecule has 0 saturated heterocycles. The van der Waals surface area contributed by atoms with Gasteiger partial charge in [0.15, 0.2) is 17.1 Å². The molecule has 13 nitrogen and oxygen atoms in total. The number of rotatable bonds is 9. The Morgan fingerprint density at radius 3 is 2.24 bits per heavy atom. The Kier molecular flexibility index (Phi) is 11.0. The van der Waals surface area contributed by atoms with E-state index in [0.717, 1.165) is 5.56 Å². The number of halogens is 1. The first-order chi connectivity index (χ1) is 20.1. The first kappa shape index (κ1) is 31.1. The standard InChI is InChI=1S/C19H15ClN2O5.C9H10N2O4/c20-18-14-8-12(27-10-11-4-2-1-3-5-11)6-7-13(14)17(25)16(22-18)19(26)21-9-15(23)24;1-15-7(13)5-11-9(14)8-6(12)3-2-4-10-8/h1-8,25H,9-10H2,(H,21,26)(H,23,24);2-4,12H,5H2,1H3,(H,11,14). The Balaban J connectivity index is 0.000000274. The predicted molar refractivity (Wildman–Crippen MR) is 149 cm³/mol. The number of pyridine rings is 2. The molecule has 0 radical (unpaired) electrons. The second kappa shape index (κ2) is 14.8. The van der Waals surface area contributed by atoms with E-state index in [-0.39, 0.29) is 34.6 Å². The lowest BCUT2D eigenvalue weighted by Crippen LogP contribution is -2.30. The van der Waals surface area contributed by atoms with E-state index in [2.05, 4.69) is 25.3 Å². The molecule has 14 heteroatoms. The van der Waals surface area contributed by atoms with Gasteiger partial charge in [-0.2, -0.15) is 0 Å². The molecule has 2 heterocycles. The van der Waals surface area contributed by atoms with E-state index in [1.54, 1.807) is 18.2 Å². The van der Waals surface area contributed by atoms with Crippen LogP contribution in [0.1, 0.15) is 26.5 Å². The van der Waals surface area contributed by atoms with Gasteiger partial charge in [0.2, 0.25) is 0 Å². The minimum Gasteiger partial charge on any atom is -0.505 e. The maximum absolute atomic E-state index is 12.0. The molecule has 0 fully saturated rings. The Bertz CT molecular complexity index is 1600. The third-order valence-corrected chi connectivity index (χ3v) is 5.68. The number of carboxylic acids is 1. The number of carbonyl (C=O) groups excluding carboxylic acids is 3. The van der Waals surface area contributed by atoms with Gasteiger partial charge in [-0.25, -0.2) is 9.97 Å². The molecular formula is C28H25ClN4O9. The molecule has 0 bridgehead atoms. The Hall–Kier alpha value is -5.43. The Morgan fingerprint density at radius 1 is 0.881 bits per heavy atom. The highest BCUT2D eigenvalue weighted by Crippen LogP contribution is 2.34. The van der Waals surface area contributed by atoms with Crippen molar-refractivity contribution in [2.24, 2.45) is 0 Å². The van der Waals surface area contributed by atoms with Gasteiger partial charge in [-0.1, -0.05) is 41.9 Å². The number of aliphatic carboxylic acids is 1. The van der Waals surface area contributed by atoms with Crippen molar-refractivity contribution in [1.29, 1.82) is 0 Å². The molecule has 0 spiro atoms. The van der Waals surface area contributed by atoms with Gasteiger partial charge < -0.3 is 35.4 Å². The zero-order valence-corrected chi connectivity index (χ0v) is 22.8. The van der Waals surface area contributed by atoms with E-state index in [0.29, 0.717) is 23.1 Å². The summed E-state index contributed by atoms with van der Waals surface area (Å²) in [5, 5.41) is 33.3. The molecule has 0 aliphatic rings. The van der Waals surface area contributed by atoms with Crippen molar-refractivity contribution >= 4 is 46.1 Å². The second-order valence-corrected chi connectivity index (χ2v) is 8.65. The summed E-state index contributed by atoms with van der Waals surface area (Å²) in [6, 6.07) is 17.2. The molecule has 0 aliphatic carbocycles. The highest BCUT2D eigenvalue weighted by molar-refractivity contribution is 6.35. The summed E-state index contributed by atoms with van der Waals surface area (Å²) in [5.74, 6) is -3.33. The van der Waals surface area contributed by atoms with E-state index >= 15 is 0 Å². The van der Waals surface area contributed by atoms with Crippen molar-refractivity contribution in [1.82, 2.24) is 20.6 Å². The van der Waals surface area contributed by atoms with Crippen molar-refractivity contribution in [3.8, 4) is 17.2 Å². The van der Waals surface area contributed by atoms with Crippen LogP contribution >= 0.6 is 11.6 Å². The molecule has 0 atom stereocenters. The SMILES string of the molecule is COC(=O)CNC(=O)c1ncccc1O.O=C(O)CNC(=O)c1nc(Cl)c2cc(OCc3ccccc3)ccc2c1O. The number of nitrogens with zero attached hydrogens (tertiary/aromatic N) is 2. The smallest absolute Gasteiger partial charge is 0.325 e. The predicted octanol–water partition coefficient (Wildman–Crippen LogP) is 2.68. The van der Waals surface area contributed by atoms with Crippen LogP contribution in [0.2, 0.25) is 5.15 Å². The van der Waals surface area contributed by atoms with Crippen molar-refractivity contribution in [2.75, 3.05) is 20.2 Å². The maximum atomic E-state index is 12.0. The number of ether oxygens (including phenoxy) is 2. The third-order valence-electron chi connectivity index (χ3n) is 5.39. The highest BCUT2D eigenvalue weighted by Gasteiger charge is 2.19. The van der Waals surface area contributed by atoms with Gasteiger partial charge in [0.05, 0.1) is 7.11 Å². The van der Waals surface area contributed by atoms with E-state index in [1.165, 1.54) is 25.4 Å². The van der Waals surface area contributed by atoms with Crippen molar-refractivity contribution in [2.45, 2.75) is 6.61 Å². The lowest BCUT2D eigenvalue weighted by molar-refractivity contribution is -0.139. The number of carbonyl (C=O) groups is 4. The van der Waals surface area contributed by atoms with Gasteiger partial charge in [-0.05, 0) is 35.9 Å². The van der Waals surface area contributed by atoms with Gasteiger partial charge >= 0.3 is 11.9 Å². The Labute approximate surface area is 243 Å². The van der Waals surface area contributed by atoms with Crippen LogP contribution in [-0.4, -0.2) is 69.2 Å². The number of carboxylic acid groups (broad SMARTS) is 1. The summed E-state index contributed by atoms with van der Waals surface area (Å²) >= 11 is 6.16. The monoisotopic (exact) mass is 596 g/mol. The fourth-order valence-electron chi connectivity index (χ4n) is 3.35. The second-order valence-electron chi connectivity index (χ2n) is 8.29. The quantitative estimate of drug-likeness (QED) is 0.141. The van der Waals surface area contributed by atoms with Crippen LogP contribution < -0.4 is 15.4 Å². The number of fused-ring (bicyclic) bond motifs is 1. The largest absolute Gasteiger partial charge is 0.505 e. The fraction of sp³-hybridized carbons (Fsp3) is 0.143. The zero-order valence-electron chi connectivity index (χ0n) is 22.0. The molecule has 2 aromatic heterocycles. The maximum Gasteiger partial charge on any atom is 0.325 e. The highest BCUT2D eigenvalue weighted by atomic mass is 35.5. The average molecular weight is 597 g/mol. The summed E-state index contributed by atoms with van der Waals surface area (Å²) in [6.45, 7) is -0.494. The van der Waals surface area contributed by atoms with Crippen LogP contribution in [0.4, 0.5) is 0 Å². The van der Waals surface area contributed by atoms with Crippen LogP contribution in [0.25, 0.3) is 10.8 Å². The van der Waals surface area contributed by atoms with Gasteiger partial charge in [-0.3, -0.25) is 19.2 Å². The van der Waals surface area contributed by atoms with E-state index in [1.807, 2.05) is 30.3 Å². The molecule has 0 aliphatic heterocycles. The zero-order chi connectivity index (χ0) is 30.6. The lowest BCUT2D eigenvalue weighted by Gasteiger charge is -2.11. The molecular weight excluding hydrogens is 572 g/mol. The Morgan fingerprint density at radius 2 is 1.57 bits per heavy atom. The first-order valence-corrected chi connectivity index (χ1v) is 12.5. The minimum atomic E-state index is -1.21. The number of benzene rings is 2. The van der Waals surface area contributed by atoms with Crippen molar-refractivity contribution in [3.05, 3.63) is 89.0 Å². The number of nitrogens with one attached hydrogen (secondary N) is 2. The lowest BCUT2D eigenvalue weighted by atomic mass is 10.1. The van der Waals surface area contributed by atoms with Crippen molar-refractivity contribution < 1.29 is 44.0 Å². The fourth-order valence-corrected chi connectivity index (χ4v) is 3.59. The van der Waals surface area contributed by atoms with Crippen LogP contribution in [0.15, 0.2) is 66.9 Å². The normalized spacial score (nSPS) is 10.1. The van der Waals surface area contributed by atoms with Crippen LogP contribution in [0, 0.1) is 0 Å². The van der Waals surface area contributed by atoms with Crippen LogP contribution in [0.5, 0.6) is 17.2 Å². The van der Waals surface area contributed by atoms with Crippen LogP contribution in [-0.2, 0) is 20.9 Å². The molecule has 2 amide bonds. The number of methoxy groups -OCH3 is 1. The summed E-state index contributed by atoms with van der Waals surface area (Å²) in [5.41, 5.74) is 0.531. The molecule has 42 heavy (non-hydrogen) atoms. The van der Waals surface area contributed by atoms with E-state index in [4.69, 9.17) is 21.4 Å². The van der Waals surface area contributed by atoms with Gasteiger partial charge in [0.1, 0.15) is 36.3 Å². The summed E-state index contributed by atoms with van der Waals surface area (Å²) in [7, 11) is 1.22. The number of aromatic hydroxyl groups is 2. The molecule has 4 aromatic rings. The topological polar surface area (TPSA) is 197 Å². The molecule has 218 valence electrons. The summed E-state index contributed by atoms with van der Waals surface area (Å²) < 4.78 is 10.1. The van der Waals surface area contributed by atoms with Gasteiger partial charge in [0, 0.05) is 17.0 Å². The van der Waals surface area contributed by atoms with Gasteiger partial charge in [-0.15, -0.1) is 0 Å².